The van der Waals surface area contributed by atoms with Gasteiger partial charge < -0.3 is 9.72 Å². The molecule has 2 aromatic heterocycles. The van der Waals surface area contributed by atoms with Gasteiger partial charge in [-0.15, -0.1) is 11.3 Å². The van der Waals surface area contributed by atoms with Crippen LogP contribution in [0.3, 0.4) is 0 Å². The molecular formula is C20H13F3N4O2S. The molecule has 1 aliphatic rings. The lowest BCUT2D eigenvalue weighted by Crippen LogP contribution is -2.13. The zero-order valence-electron chi connectivity index (χ0n) is 15.2. The Morgan fingerprint density at radius 2 is 2.03 bits per heavy atom. The van der Waals surface area contributed by atoms with Crippen LogP contribution in [-0.4, -0.2) is 27.5 Å². The number of hydrogen-bond acceptors (Lipinski definition) is 5. The van der Waals surface area contributed by atoms with Crippen LogP contribution < -0.4 is 10.1 Å². The number of carbonyl (C=O) groups is 1. The molecule has 30 heavy (non-hydrogen) atoms. The van der Waals surface area contributed by atoms with Crippen molar-refractivity contribution >= 4 is 34.2 Å². The second-order valence-electron chi connectivity index (χ2n) is 6.73. The first-order valence-electron chi connectivity index (χ1n) is 8.97. The molecule has 152 valence electrons. The van der Waals surface area contributed by atoms with Crippen LogP contribution in [0.5, 0.6) is 5.75 Å². The molecule has 0 radical (unpaired) electrons. The molecule has 0 atom stereocenters. The molecule has 4 aromatic rings. The van der Waals surface area contributed by atoms with Crippen molar-refractivity contribution in [3.63, 3.8) is 0 Å². The number of halogens is 3. The normalized spacial score (nSPS) is 13.3. The number of hydrogen-bond donors (Lipinski definition) is 2. The van der Waals surface area contributed by atoms with E-state index in [1.807, 2.05) is 18.2 Å². The SMILES string of the molecule is O=C(Nc1nc2ccc(C(F)(F)F)cc2[nH]1)c1csc(-c2ccc3c(c2)CCO3)n1. The summed E-state index contributed by atoms with van der Waals surface area (Å²) in [6.45, 7) is 0.659. The molecule has 0 saturated carbocycles. The van der Waals surface area contributed by atoms with Crippen molar-refractivity contribution in [1.82, 2.24) is 15.0 Å². The fraction of sp³-hybridized carbons (Fsp3) is 0.150. The molecule has 2 aromatic carbocycles. The van der Waals surface area contributed by atoms with Gasteiger partial charge in [-0.3, -0.25) is 10.1 Å². The number of imidazole rings is 1. The van der Waals surface area contributed by atoms with Crippen LogP contribution in [0.1, 0.15) is 21.6 Å². The maximum absolute atomic E-state index is 12.9. The van der Waals surface area contributed by atoms with Crippen molar-refractivity contribution in [1.29, 1.82) is 0 Å². The molecule has 3 heterocycles. The summed E-state index contributed by atoms with van der Waals surface area (Å²) in [4.78, 5) is 23.7. The predicted molar refractivity (Wildman–Crippen MR) is 106 cm³/mol. The zero-order valence-corrected chi connectivity index (χ0v) is 16.0. The zero-order chi connectivity index (χ0) is 20.9. The Labute approximate surface area is 171 Å². The van der Waals surface area contributed by atoms with E-state index in [1.54, 1.807) is 5.38 Å². The van der Waals surface area contributed by atoms with Crippen molar-refractivity contribution in [3.8, 4) is 16.3 Å². The lowest BCUT2D eigenvalue weighted by Gasteiger charge is -2.05. The fourth-order valence-corrected chi connectivity index (χ4v) is 4.04. The van der Waals surface area contributed by atoms with Crippen LogP contribution in [0.2, 0.25) is 0 Å². The molecule has 0 saturated heterocycles. The molecule has 1 aliphatic heterocycles. The number of anilines is 1. The molecule has 0 spiro atoms. The summed E-state index contributed by atoms with van der Waals surface area (Å²) in [5.74, 6) is 0.419. The Balaban J connectivity index is 1.36. The van der Waals surface area contributed by atoms with Crippen LogP contribution >= 0.6 is 11.3 Å². The van der Waals surface area contributed by atoms with Gasteiger partial charge in [0, 0.05) is 17.4 Å². The summed E-state index contributed by atoms with van der Waals surface area (Å²) in [6, 6.07) is 8.94. The highest BCUT2D eigenvalue weighted by molar-refractivity contribution is 7.13. The third kappa shape index (κ3) is 3.39. The summed E-state index contributed by atoms with van der Waals surface area (Å²) in [7, 11) is 0. The van der Waals surface area contributed by atoms with E-state index in [0.29, 0.717) is 17.1 Å². The van der Waals surface area contributed by atoms with E-state index in [2.05, 4.69) is 20.3 Å². The number of benzene rings is 2. The van der Waals surface area contributed by atoms with Crippen molar-refractivity contribution in [2.75, 3.05) is 11.9 Å². The second kappa shape index (κ2) is 6.84. The number of H-pyrrole nitrogens is 1. The van der Waals surface area contributed by atoms with E-state index in [9.17, 15) is 18.0 Å². The number of fused-ring (bicyclic) bond motifs is 2. The van der Waals surface area contributed by atoms with Gasteiger partial charge in [0.2, 0.25) is 5.95 Å². The van der Waals surface area contributed by atoms with E-state index in [-0.39, 0.29) is 17.2 Å². The summed E-state index contributed by atoms with van der Waals surface area (Å²) >= 11 is 1.33. The molecule has 5 rings (SSSR count). The Bertz CT molecular complexity index is 1280. The topological polar surface area (TPSA) is 79.9 Å². The minimum atomic E-state index is -4.45. The summed E-state index contributed by atoms with van der Waals surface area (Å²) in [5.41, 5.74) is 1.90. The molecule has 10 heteroatoms. The smallest absolute Gasteiger partial charge is 0.416 e. The highest BCUT2D eigenvalue weighted by atomic mass is 32.1. The van der Waals surface area contributed by atoms with E-state index >= 15 is 0 Å². The third-order valence-electron chi connectivity index (χ3n) is 4.71. The van der Waals surface area contributed by atoms with Crippen molar-refractivity contribution in [2.24, 2.45) is 0 Å². The van der Waals surface area contributed by atoms with Gasteiger partial charge in [0.05, 0.1) is 23.2 Å². The van der Waals surface area contributed by atoms with Crippen molar-refractivity contribution < 1.29 is 22.7 Å². The Morgan fingerprint density at radius 1 is 1.17 bits per heavy atom. The van der Waals surface area contributed by atoms with Gasteiger partial charge >= 0.3 is 6.18 Å². The maximum Gasteiger partial charge on any atom is 0.416 e. The molecule has 1 amide bonds. The number of nitrogens with zero attached hydrogens (tertiary/aromatic N) is 2. The van der Waals surface area contributed by atoms with E-state index in [4.69, 9.17) is 4.74 Å². The molecule has 6 nitrogen and oxygen atoms in total. The monoisotopic (exact) mass is 430 g/mol. The van der Waals surface area contributed by atoms with Gasteiger partial charge in [0.1, 0.15) is 16.5 Å². The van der Waals surface area contributed by atoms with Gasteiger partial charge in [-0.25, -0.2) is 9.97 Å². The number of aromatic nitrogens is 3. The lowest BCUT2D eigenvalue weighted by atomic mass is 10.1. The predicted octanol–water partition coefficient (Wildman–Crippen LogP) is 4.89. The number of thiazole rings is 1. The largest absolute Gasteiger partial charge is 0.493 e. The van der Waals surface area contributed by atoms with Crippen LogP contribution in [0.4, 0.5) is 19.1 Å². The maximum atomic E-state index is 12.9. The van der Waals surface area contributed by atoms with E-state index in [0.717, 1.165) is 35.4 Å². The minimum Gasteiger partial charge on any atom is -0.493 e. The Hall–Kier alpha value is -3.40. The van der Waals surface area contributed by atoms with Gasteiger partial charge in [-0.1, -0.05) is 0 Å². The van der Waals surface area contributed by atoms with Gasteiger partial charge in [-0.05, 0) is 42.0 Å². The number of ether oxygens (including phenoxy) is 1. The summed E-state index contributed by atoms with van der Waals surface area (Å²) in [5, 5.41) is 4.86. The second-order valence-corrected chi connectivity index (χ2v) is 7.59. The van der Waals surface area contributed by atoms with Crippen LogP contribution in [0.25, 0.3) is 21.6 Å². The molecule has 0 fully saturated rings. The van der Waals surface area contributed by atoms with Crippen molar-refractivity contribution in [3.05, 3.63) is 58.6 Å². The number of alkyl halides is 3. The third-order valence-corrected chi connectivity index (χ3v) is 5.61. The standard InChI is InChI=1S/C20H13F3N4O2S/c21-20(22,23)12-2-3-13-14(8-12)26-19(25-13)27-17(28)15-9-30-18(24-15)11-1-4-16-10(7-11)5-6-29-16/h1-4,7-9H,5-6H2,(H2,25,26,27,28). The van der Waals surface area contributed by atoms with Crippen LogP contribution in [0, 0.1) is 0 Å². The van der Waals surface area contributed by atoms with Crippen molar-refractivity contribution in [2.45, 2.75) is 12.6 Å². The molecular weight excluding hydrogens is 417 g/mol. The lowest BCUT2D eigenvalue weighted by molar-refractivity contribution is -0.137. The van der Waals surface area contributed by atoms with Crippen LogP contribution in [0.15, 0.2) is 41.8 Å². The molecule has 0 bridgehead atoms. The number of nitrogens with one attached hydrogen (secondary N) is 2. The van der Waals surface area contributed by atoms with Gasteiger partial charge in [-0.2, -0.15) is 13.2 Å². The average molecular weight is 430 g/mol. The molecule has 0 aliphatic carbocycles. The highest BCUT2D eigenvalue weighted by Gasteiger charge is 2.30. The summed E-state index contributed by atoms with van der Waals surface area (Å²) < 4.78 is 44.1. The van der Waals surface area contributed by atoms with Crippen LogP contribution in [-0.2, 0) is 12.6 Å². The quantitative estimate of drug-likeness (QED) is 0.485. The minimum absolute atomic E-state index is 0.0542. The van der Waals surface area contributed by atoms with E-state index in [1.165, 1.54) is 17.4 Å². The van der Waals surface area contributed by atoms with E-state index < -0.39 is 17.6 Å². The number of amides is 1. The first-order valence-corrected chi connectivity index (χ1v) is 9.85. The first kappa shape index (κ1) is 18.6. The number of carbonyl (C=O) groups excluding carboxylic acids is 1. The number of aromatic amines is 1. The number of rotatable bonds is 3. The molecule has 0 unspecified atom stereocenters. The Morgan fingerprint density at radius 3 is 2.87 bits per heavy atom. The summed E-state index contributed by atoms with van der Waals surface area (Å²) in [6.07, 6.45) is -3.62. The Kier molecular flexibility index (Phi) is 4.24. The average Bonchev–Trinajstić information content (AvgIpc) is 3.44. The first-order chi connectivity index (χ1) is 14.4. The fourth-order valence-electron chi connectivity index (χ4n) is 3.25. The highest BCUT2D eigenvalue weighted by Crippen LogP contribution is 2.33. The van der Waals surface area contributed by atoms with Gasteiger partial charge in [0.15, 0.2) is 0 Å². The molecule has 2 N–H and O–H groups in total. The van der Waals surface area contributed by atoms with Gasteiger partial charge in [0.25, 0.3) is 5.91 Å².